The van der Waals surface area contributed by atoms with Gasteiger partial charge in [-0.25, -0.2) is 4.98 Å². The molecule has 1 N–H and O–H groups in total. The fraction of sp³-hybridized carbons (Fsp3) is 0.214. The van der Waals surface area contributed by atoms with Crippen LogP contribution in [0.3, 0.4) is 0 Å². The first-order valence-corrected chi connectivity index (χ1v) is 6.31. The molecule has 0 aliphatic carbocycles. The number of carbonyl (C=O) groups is 1. The summed E-state index contributed by atoms with van der Waals surface area (Å²) in [6.07, 6.45) is 1.54. The number of aromatic nitrogens is 1. The smallest absolute Gasteiger partial charge is 0.263 e. The zero-order chi connectivity index (χ0) is 14.9. The molecule has 0 radical (unpaired) electrons. The Morgan fingerprint density at radius 3 is 2.65 bits per heavy atom. The highest BCUT2D eigenvalue weighted by Crippen LogP contribution is 2.18. The molecule has 0 bridgehead atoms. The average Bonchev–Trinajstić information content (AvgIpc) is 2.32. The van der Waals surface area contributed by atoms with Crippen LogP contribution >= 0.6 is 11.6 Å². The minimum atomic E-state index is -0.526. The zero-order valence-corrected chi connectivity index (χ0v) is 12.0. The number of pyridine rings is 1. The first-order chi connectivity index (χ1) is 9.38. The van der Waals surface area contributed by atoms with E-state index < -0.39 is 5.91 Å². The first-order valence-electron chi connectivity index (χ1n) is 5.93. The van der Waals surface area contributed by atoms with Gasteiger partial charge >= 0.3 is 0 Å². The van der Waals surface area contributed by atoms with E-state index in [0.29, 0.717) is 11.4 Å². The van der Waals surface area contributed by atoms with E-state index in [1.54, 1.807) is 27.0 Å². The van der Waals surface area contributed by atoms with Crippen molar-refractivity contribution in [2.24, 2.45) is 0 Å². The molecule has 0 aromatic carbocycles. The fourth-order valence-corrected chi connectivity index (χ4v) is 2.00. The highest BCUT2D eigenvalue weighted by Gasteiger charge is 2.17. The molecule has 0 saturated carbocycles. The third-order valence-corrected chi connectivity index (χ3v) is 3.00. The van der Waals surface area contributed by atoms with Crippen molar-refractivity contribution >= 4 is 23.2 Å². The molecule has 2 heterocycles. The number of carbonyl (C=O) groups excluding carboxylic acids is 1. The summed E-state index contributed by atoms with van der Waals surface area (Å²) < 4.78 is 5.30. The predicted molar refractivity (Wildman–Crippen MR) is 76.4 cm³/mol. The predicted octanol–water partition coefficient (Wildman–Crippen LogP) is 2.87. The number of halogens is 1. The topological polar surface area (TPSA) is 72.2 Å². The molecule has 5 nitrogen and oxygen atoms in total. The summed E-state index contributed by atoms with van der Waals surface area (Å²) in [6.45, 7) is 5.02. The van der Waals surface area contributed by atoms with Crippen molar-refractivity contribution in [2.75, 3.05) is 5.32 Å². The molecule has 0 aliphatic heterocycles. The minimum Gasteiger partial charge on any atom is -0.466 e. The van der Waals surface area contributed by atoms with Crippen LogP contribution < -0.4 is 10.7 Å². The maximum Gasteiger partial charge on any atom is 0.263 e. The molecule has 0 fully saturated rings. The van der Waals surface area contributed by atoms with E-state index in [9.17, 15) is 9.59 Å². The van der Waals surface area contributed by atoms with Crippen molar-refractivity contribution in [1.29, 1.82) is 0 Å². The Morgan fingerprint density at radius 2 is 2.00 bits per heavy atom. The lowest BCUT2D eigenvalue weighted by molar-refractivity contribution is 0.102. The van der Waals surface area contributed by atoms with Crippen LogP contribution in [0, 0.1) is 20.8 Å². The first kappa shape index (κ1) is 14.3. The third kappa shape index (κ3) is 2.88. The van der Waals surface area contributed by atoms with Crippen LogP contribution in [0.5, 0.6) is 0 Å². The van der Waals surface area contributed by atoms with Gasteiger partial charge in [-0.1, -0.05) is 11.6 Å². The Morgan fingerprint density at radius 1 is 1.30 bits per heavy atom. The maximum atomic E-state index is 12.2. The van der Waals surface area contributed by atoms with Gasteiger partial charge < -0.3 is 9.73 Å². The number of nitrogens with zero attached hydrogens (tertiary/aromatic N) is 1. The molecule has 0 atom stereocenters. The quantitative estimate of drug-likeness (QED) is 0.864. The molecule has 0 aliphatic rings. The molecule has 0 unspecified atom stereocenters. The van der Waals surface area contributed by atoms with E-state index in [1.807, 2.05) is 0 Å². The Balaban J connectivity index is 2.38. The molecule has 0 spiro atoms. The minimum absolute atomic E-state index is 0.0112. The molecule has 0 saturated heterocycles. The van der Waals surface area contributed by atoms with E-state index in [0.717, 1.165) is 5.56 Å². The number of rotatable bonds is 2. The van der Waals surface area contributed by atoms with E-state index in [1.165, 1.54) is 12.1 Å². The summed E-state index contributed by atoms with van der Waals surface area (Å²) in [5.74, 6) is 0.221. The van der Waals surface area contributed by atoms with Gasteiger partial charge in [-0.15, -0.1) is 0 Å². The second-order valence-corrected chi connectivity index (χ2v) is 4.82. The van der Waals surface area contributed by atoms with Crippen LogP contribution in [-0.2, 0) is 0 Å². The van der Waals surface area contributed by atoms with E-state index >= 15 is 0 Å². The van der Waals surface area contributed by atoms with Crippen molar-refractivity contribution in [3.63, 3.8) is 0 Å². The Bertz CT molecular complexity index is 738. The second-order valence-electron chi connectivity index (χ2n) is 4.43. The summed E-state index contributed by atoms with van der Waals surface area (Å²) in [5.41, 5.74) is 0.871. The Hall–Kier alpha value is -2.14. The van der Waals surface area contributed by atoms with Crippen molar-refractivity contribution < 1.29 is 9.21 Å². The van der Waals surface area contributed by atoms with Gasteiger partial charge in [0.05, 0.1) is 0 Å². The molecular weight excluding hydrogens is 280 g/mol. The van der Waals surface area contributed by atoms with Gasteiger partial charge in [-0.05, 0) is 32.4 Å². The van der Waals surface area contributed by atoms with Gasteiger partial charge in [0.25, 0.3) is 5.91 Å². The van der Waals surface area contributed by atoms with Crippen LogP contribution in [0.4, 0.5) is 5.69 Å². The number of anilines is 1. The Labute approximate surface area is 120 Å². The third-order valence-electron chi connectivity index (χ3n) is 2.79. The molecule has 2 rings (SSSR count). The normalized spacial score (nSPS) is 10.4. The van der Waals surface area contributed by atoms with Gasteiger partial charge in [-0.3, -0.25) is 9.59 Å². The SMILES string of the molecule is Cc1cc(=O)c(C(=O)Nc2cc(Cl)ncc2C)c(C)o1. The molecule has 2 aromatic rings. The van der Waals surface area contributed by atoms with E-state index in [4.69, 9.17) is 16.0 Å². The summed E-state index contributed by atoms with van der Waals surface area (Å²) in [5, 5.41) is 2.91. The summed E-state index contributed by atoms with van der Waals surface area (Å²) in [4.78, 5) is 28.0. The van der Waals surface area contributed by atoms with E-state index in [2.05, 4.69) is 10.3 Å². The van der Waals surface area contributed by atoms with Crippen LogP contribution in [0.25, 0.3) is 0 Å². The Kier molecular flexibility index (Phi) is 3.90. The van der Waals surface area contributed by atoms with E-state index in [-0.39, 0.29) is 21.9 Å². The molecule has 2 aromatic heterocycles. The van der Waals surface area contributed by atoms with Gasteiger partial charge in [-0.2, -0.15) is 0 Å². The van der Waals surface area contributed by atoms with Crippen LogP contribution in [0.15, 0.2) is 27.5 Å². The number of hydrogen-bond acceptors (Lipinski definition) is 4. The summed E-state index contributed by atoms with van der Waals surface area (Å²) >= 11 is 5.79. The van der Waals surface area contributed by atoms with Crippen molar-refractivity contribution in [3.8, 4) is 0 Å². The van der Waals surface area contributed by atoms with Crippen molar-refractivity contribution in [1.82, 2.24) is 4.98 Å². The number of aryl methyl sites for hydroxylation is 3. The largest absolute Gasteiger partial charge is 0.466 e. The monoisotopic (exact) mass is 292 g/mol. The van der Waals surface area contributed by atoms with Crippen LogP contribution in [0.2, 0.25) is 5.15 Å². The summed E-state index contributed by atoms with van der Waals surface area (Å²) in [6, 6.07) is 2.81. The van der Waals surface area contributed by atoms with Gasteiger partial charge in [0.2, 0.25) is 0 Å². The van der Waals surface area contributed by atoms with Gasteiger partial charge in [0.1, 0.15) is 22.2 Å². The number of nitrogens with one attached hydrogen (secondary N) is 1. The maximum absolute atomic E-state index is 12.2. The molecular formula is C14H13ClN2O3. The number of amides is 1. The van der Waals surface area contributed by atoms with Crippen molar-refractivity contribution in [2.45, 2.75) is 20.8 Å². The lowest BCUT2D eigenvalue weighted by Crippen LogP contribution is -2.23. The lowest BCUT2D eigenvalue weighted by Gasteiger charge is -2.09. The van der Waals surface area contributed by atoms with Gasteiger partial charge in [0, 0.05) is 18.0 Å². The summed E-state index contributed by atoms with van der Waals surface area (Å²) in [7, 11) is 0. The highest BCUT2D eigenvalue weighted by molar-refractivity contribution is 6.29. The van der Waals surface area contributed by atoms with Crippen LogP contribution in [-0.4, -0.2) is 10.9 Å². The standard InChI is InChI=1S/C14H13ClN2O3/c1-7-6-16-12(15)5-10(7)17-14(19)13-9(3)20-8(2)4-11(13)18/h4-6H,1-3H3,(H,16,17,19). The molecule has 104 valence electrons. The molecule has 1 amide bonds. The molecule has 20 heavy (non-hydrogen) atoms. The van der Waals surface area contributed by atoms with Crippen LogP contribution in [0.1, 0.15) is 27.4 Å². The number of hydrogen-bond donors (Lipinski definition) is 1. The lowest BCUT2D eigenvalue weighted by atomic mass is 10.1. The van der Waals surface area contributed by atoms with Gasteiger partial charge in [0.15, 0.2) is 5.43 Å². The second kappa shape index (κ2) is 5.46. The molecule has 6 heteroatoms. The fourth-order valence-electron chi connectivity index (χ4n) is 1.84. The average molecular weight is 293 g/mol. The van der Waals surface area contributed by atoms with Crippen molar-refractivity contribution in [3.05, 3.63) is 56.4 Å². The highest BCUT2D eigenvalue weighted by atomic mass is 35.5. The zero-order valence-electron chi connectivity index (χ0n) is 11.3.